The van der Waals surface area contributed by atoms with Gasteiger partial charge in [-0.25, -0.2) is 24.3 Å². The number of alkyl halides is 9. The minimum atomic E-state index is -4.56. The lowest BCUT2D eigenvalue weighted by atomic mass is 9.90. The number of aryl methyl sites for hydroxylation is 3. The van der Waals surface area contributed by atoms with Crippen LogP contribution in [-0.2, 0) is 18.5 Å². The van der Waals surface area contributed by atoms with Gasteiger partial charge in [-0.3, -0.25) is 19.2 Å². The van der Waals surface area contributed by atoms with E-state index in [1.165, 1.54) is 38.8 Å². The zero-order valence-electron chi connectivity index (χ0n) is 69.3. The fourth-order valence-corrected chi connectivity index (χ4v) is 20.2. The molecule has 37 heteroatoms. The number of halogens is 10. The van der Waals surface area contributed by atoms with Crippen LogP contribution in [0, 0.1) is 50.3 Å². The van der Waals surface area contributed by atoms with E-state index < -0.39 is 41.2 Å². The molecule has 4 aromatic carbocycles. The number of aromatic nitrogens is 14. The third kappa shape index (κ3) is 18.6. The average Bonchev–Trinajstić information content (AvgIpc) is 1.68. The summed E-state index contributed by atoms with van der Waals surface area (Å²) in [5.74, 6) is -0.0943. The van der Waals surface area contributed by atoms with Crippen molar-refractivity contribution >= 4 is 35.0 Å². The summed E-state index contributed by atoms with van der Waals surface area (Å²) in [6.07, 6.45) is 10.4. The second kappa shape index (κ2) is 36.7. The molecule has 20 rings (SSSR count). The number of nitrogens with zero attached hydrogens (tertiary/aromatic N) is 18. The number of rotatable bonds is 20. The second-order valence-electron chi connectivity index (χ2n) is 33.1. The Labute approximate surface area is 731 Å². The molecule has 8 saturated heterocycles. The molecular formula is C91H86F10N18O8S. The lowest BCUT2D eigenvalue weighted by molar-refractivity contribution is -0.141. The molecule has 26 nitrogen and oxygen atoms in total. The van der Waals surface area contributed by atoms with Crippen molar-refractivity contribution in [2.75, 3.05) is 26.4 Å². The predicted molar refractivity (Wildman–Crippen MR) is 444 cm³/mol. The average molecular weight is 1780 g/mol. The number of fused-ring (bicyclic) bond motifs is 8. The summed E-state index contributed by atoms with van der Waals surface area (Å²) >= 11 is 1.65. The number of ether oxygens (including phenoxy) is 4. The van der Waals surface area contributed by atoms with Crippen molar-refractivity contribution in [1.29, 1.82) is 0 Å². The number of pyridine rings is 3. The summed E-state index contributed by atoms with van der Waals surface area (Å²) in [5.41, 5.74) is 5.28. The van der Waals surface area contributed by atoms with Crippen molar-refractivity contribution in [1.82, 2.24) is 89.5 Å². The van der Waals surface area contributed by atoms with E-state index in [9.17, 15) is 63.1 Å². The number of benzene rings is 4. The van der Waals surface area contributed by atoms with Crippen LogP contribution in [0.3, 0.4) is 0 Å². The Balaban J connectivity index is 0.000000120. The lowest BCUT2D eigenvalue weighted by Crippen LogP contribution is -2.38. The second-order valence-corrected chi connectivity index (χ2v) is 34.0. The van der Waals surface area contributed by atoms with Crippen LogP contribution in [0.4, 0.5) is 43.9 Å². The number of hydrogen-bond donors (Lipinski definition) is 0. The summed E-state index contributed by atoms with van der Waals surface area (Å²) in [7, 11) is 0. The monoisotopic (exact) mass is 1780 g/mol. The Bertz CT molecular complexity index is 5920. The number of hydrogen-bond acceptors (Lipinski definition) is 20. The Morgan fingerprint density at radius 3 is 1.23 bits per heavy atom. The molecule has 12 unspecified atom stereocenters. The van der Waals surface area contributed by atoms with Gasteiger partial charge in [0.05, 0.1) is 109 Å². The van der Waals surface area contributed by atoms with Crippen LogP contribution in [-0.4, -0.2) is 188 Å². The van der Waals surface area contributed by atoms with Gasteiger partial charge in [-0.15, -0.1) is 11.3 Å². The lowest BCUT2D eigenvalue weighted by Gasteiger charge is -2.25. The van der Waals surface area contributed by atoms with Gasteiger partial charge in [-0.05, 0) is 182 Å². The van der Waals surface area contributed by atoms with E-state index in [1.54, 1.807) is 54.6 Å². The Hall–Kier alpha value is -13.1. The van der Waals surface area contributed by atoms with Crippen LogP contribution in [0.15, 0.2) is 201 Å². The molecule has 12 aromatic rings. The zero-order valence-corrected chi connectivity index (χ0v) is 70.1. The van der Waals surface area contributed by atoms with Gasteiger partial charge in [0.2, 0.25) is 17.6 Å². The van der Waals surface area contributed by atoms with E-state index in [4.69, 9.17) is 18.9 Å². The summed E-state index contributed by atoms with van der Waals surface area (Å²) in [6.45, 7) is 6.78. The molecule has 8 bridgehead atoms. The highest BCUT2D eigenvalue weighted by atomic mass is 32.1. The van der Waals surface area contributed by atoms with Crippen molar-refractivity contribution < 1.29 is 82.0 Å². The summed E-state index contributed by atoms with van der Waals surface area (Å²) in [6, 6.07) is 36.9. The first-order valence-electron chi connectivity index (χ1n) is 42.1. The van der Waals surface area contributed by atoms with Gasteiger partial charge < -0.3 is 38.5 Å². The SMILES string of the molecule is Cc1ccc(-n2nccn2)c(C(=O)N2C3CCC2C(COc2ccc(C(F)(F)F)cn2)C3)c1.Cc1ccc(-n2nccn2)c(C(=O)N2C3CCC2C(COc2nccc(C(F)(F)F)n2)C3)c1.Cc1ccc(-n2nccn2)c(C(=O)N2C3CCC2C(COc2ncccc2C(F)(F)F)C3)c1.O=C(c1ccccc1-c1cccs1)N1C2CCC1C(COc1ccc(F)cn1)C2. The minimum Gasteiger partial charge on any atom is -0.477 e. The molecule has 0 spiro atoms. The molecule has 16 heterocycles. The smallest absolute Gasteiger partial charge is 0.433 e. The minimum absolute atomic E-state index is 0.0101. The first-order valence-corrected chi connectivity index (χ1v) is 43.0. The van der Waals surface area contributed by atoms with Crippen LogP contribution < -0.4 is 18.9 Å². The summed E-state index contributed by atoms with van der Waals surface area (Å²) < 4.78 is 152. The van der Waals surface area contributed by atoms with Crippen molar-refractivity contribution in [3.05, 3.63) is 262 Å². The summed E-state index contributed by atoms with van der Waals surface area (Å²) in [5, 5.41) is 27.0. The Morgan fingerprint density at radius 2 is 0.828 bits per heavy atom. The normalized spacial score (nSPS) is 22.2. The molecule has 8 aliphatic heterocycles. The molecule has 664 valence electrons. The van der Waals surface area contributed by atoms with E-state index in [-0.39, 0.29) is 127 Å². The predicted octanol–water partition coefficient (Wildman–Crippen LogP) is 16.6. The molecule has 128 heavy (non-hydrogen) atoms. The van der Waals surface area contributed by atoms with Crippen molar-refractivity contribution in [2.45, 2.75) is 165 Å². The maximum Gasteiger partial charge on any atom is 0.433 e. The molecule has 0 N–H and O–H groups in total. The van der Waals surface area contributed by atoms with E-state index >= 15 is 0 Å². The molecule has 4 amide bonds. The maximum atomic E-state index is 13.6. The largest absolute Gasteiger partial charge is 0.477 e. The van der Waals surface area contributed by atoms with Crippen LogP contribution in [0.5, 0.6) is 23.7 Å². The topological polar surface area (TPSA) is 275 Å². The number of carbonyl (C=O) groups excluding carboxylic acids is 4. The number of thiophene rings is 1. The fraction of sp³-hybridized carbons (Fsp3) is 0.374. The molecule has 0 radical (unpaired) electrons. The van der Waals surface area contributed by atoms with Gasteiger partial charge in [-0.1, -0.05) is 59.2 Å². The van der Waals surface area contributed by atoms with E-state index in [0.29, 0.717) is 59.3 Å². The van der Waals surface area contributed by atoms with E-state index in [2.05, 4.69) is 66.5 Å². The number of amides is 4. The van der Waals surface area contributed by atoms with E-state index in [1.807, 2.05) is 126 Å². The highest BCUT2D eigenvalue weighted by Crippen LogP contribution is 2.49. The van der Waals surface area contributed by atoms with Crippen LogP contribution in [0.2, 0.25) is 0 Å². The van der Waals surface area contributed by atoms with Gasteiger partial charge in [0.1, 0.15) is 11.4 Å². The van der Waals surface area contributed by atoms with Crippen molar-refractivity contribution in [3.63, 3.8) is 0 Å². The van der Waals surface area contributed by atoms with Crippen LogP contribution in [0.1, 0.15) is 152 Å². The molecule has 0 saturated carbocycles. The van der Waals surface area contributed by atoms with Crippen molar-refractivity contribution in [2.24, 2.45) is 23.7 Å². The first-order chi connectivity index (χ1) is 61.6. The van der Waals surface area contributed by atoms with Gasteiger partial charge >= 0.3 is 24.5 Å². The standard InChI is InChI=1S/2C23H22F3N5O2.C23H21FN2O2S.C22H21F3N6O2/c1-14-2-5-20(31-28-8-9-29-31)18(10-14)22(32)30-17-4-6-19(30)15(11-17)13-33-21-7-3-16(12-27-21)23(24,25)26;1-14-4-6-20(31-28-9-10-29-31)17(11-14)22(32)30-16-5-7-19(30)15(12-16)13-33-21-18(23(24,25)26)3-2-8-27-21;24-16-7-10-22(25-13-16)28-14-15-12-17-8-9-20(15)26(17)23(27)19-5-2-1-4-18(19)21-6-3-11-29-21;1-13-2-4-18(31-27-8-9-28-31)16(10-13)20(32)30-15-3-5-17(30)14(11-15)12-33-21-26-7-6-19(29-21)22(23,24)25/h2-3,5,7-10,12,15,17,19H,4,6,11,13H2,1H3;2-4,6,8-11,15-16,19H,5,7,12-13H2,1H3;1-7,10-11,13,15,17,20H,8-9,12,14H2;2,4,6-10,14-15,17H,3,5,11-12H2,1H3. The van der Waals surface area contributed by atoms with Gasteiger partial charge in [0.15, 0.2) is 5.69 Å². The molecular weight excluding hydrogens is 1700 g/mol. The van der Waals surface area contributed by atoms with Crippen molar-refractivity contribution in [3.8, 4) is 51.2 Å². The molecule has 8 aliphatic rings. The zero-order chi connectivity index (χ0) is 89.3. The van der Waals surface area contributed by atoms with Crippen LogP contribution in [0.25, 0.3) is 27.5 Å². The molecule has 12 atom stereocenters. The van der Waals surface area contributed by atoms with Gasteiger partial charge in [-0.2, -0.15) is 89.5 Å². The summed E-state index contributed by atoms with van der Waals surface area (Å²) in [4.78, 5) is 86.4. The highest BCUT2D eigenvalue weighted by molar-refractivity contribution is 7.13. The fourth-order valence-electron chi connectivity index (χ4n) is 19.4. The molecule has 0 aliphatic carbocycles. The van der Waals surface area contributed by atoms with Gasteiger partial charge in [0, 0.05) is 119 Å². The molecule has 8 aromatic heterocycles. The third-order valence-corrected chi connectivity index (χ3v) is 26.0. The van der Waals surface area contributed by atoms with Gasteiger partial charge in [0.25, 0.3) is 23.6 Å². The van der Waals surface area contributed by atoms with E-state index in [0.717, 1.165) is 140 Å². The quantitative estimate of drug-likeness (QED) is 0.0641. The maximum absolute atomic E-state index is 13.6. The molecule has 8 fully saturated rings. The highest BCUT2D eigenvalue weighted by Gasteiger charge is 2.54. The number of carbonyl (C=O) groups is 4. The first kappa shape index (κ1) is 87.0. The third-order valence-electron chi connectivity index (χ3n) is 25.1. The Kier molecular flexibility index (Phi) is 24.9. The Morgan fingerprint density at radius 1 is 0.398 bits per heavy atom. The van der Waals surface area contributed by atoms with Crippen LogP contribution >= 0.6 is 11.3 Å².